The fourth-order valence-electron chi connectivity index (χ4n) is 3.58. The van der Waals surface area contributed by atoms with Gasteiger partial charge in [-0.15, -0.1) is 0 Å². The van der Waals surface area contributed by atoms with Gasteiger partial charge in [0.2, 0.25) is 0 Å². The van der Waals surface area contributed by atoms with E-state index in [9.17, 15) is 0 Å². The smallest absolute Gasteiger partial charge is 0.102 e. The van der Waals surface area contributed by atoms with Gasteiger partial charge in [-0.2, -0.15) is 0 Å². The van der Waals surface area contributed by atoms with Crippen LogP contribution in [0.15, 0.2) is 0 Å². The molecule has 10 nitrogen and oxygen atoms in total. The highest BCUT2D eigenvalue weighted by atomic mass is 16.3. The predicted octanol–water partition coefficient (Wildman–Crippen LogP) is -1.58. The Bertz CT molecular complexity index is 265. The minimum absolute atomic E-state index is 0. The summed E-state index contributed by atoms with van der Waals surface area (Å²) in [6.45, 7) is 10.4. The van der Waals surface area contributed by atoms with Gasteiger partial charge in [0.05, 0.1) is 52.7 Å². The Morgan fingerprint density at radius 3 is 0.897 bits per heavy atom. The largest absolute Gasteiger partial charge is 0.870 e. The zero-order chi connectivity index (χ0) is 21.0. The number of aliphatic hydroxyl groups excluding tert-OH is 6. The first-order valence-corrected chi connectivity index (χ1v) is 10.3. The van der Waals surface area contributed by atoms with E-state index in [2.05, 4.69) is 13.8 Å². The van der Waals surface area contributed by atoms with Crippen LogP contribution in [0.1, 0.15) is 33.1 Å². The third-order valence-electron chi connectivity index (χ3n) is 5.13. The summed E-state index contributed by atoms with van der Waals surface area (Å²) in [4.78, 5) is 0. The Morgan fingerprint density at radius 1 is 0.414 bits per heavy atom. The number of rotatable bonds is 17. The van der Waals surface area contributed by atoms with Gasteiger partial charge in [-0.05, 0) is 12.8 Å². The molecule has 0 saturated heterocycles. The van der Waals surface area contributed by atoms with E-state index in [1.54, 1.807) is 0 Å². The average Bonchev–Trinajstić information content (AvgIpc) is 2.62. The van der Waals surface area contributed by atoms with Crippen LogP contribution in [0.5, 0.6) is 0 Å². The summed E-state index contributed by atoms with van der Waals surface area (Å²) in [6, 6.07) is 0. The molecule has 0 rings (SSSR count). The first-order chi connectivity index (χ1) is 13.0. The Labute approximate surface area is 176 Å². The van der Waals surface area contributed by atoms with Crippen LogP contribution in [0.4, 0.5) is 0 Å². The fourth-order valence-corrected chi connectivity index (χ4v) is 3.58. The van der Waals surface area contributed by atoms with Gasteiger partial charge in [0.25, 0.3) is 0 Å². The number of quaternary nitrogens is 2. The number of hydrogen-bond donors (Lipinski definition) is 6. The lowest BCUT2D eigenvalue weighted by Gasteiger charge is -2.37. The summed E-state index contributed by atoms with van der Waals surface area (Å²) in [6.07, 6.45) is 3.17. The van der Waals surface area contributed by atoms with Crippen LogP contribution in [-0.4, -0.2) is 143 Å². The van der Waals surface area contributed by atoms with Crippen LogP contribution in [0.3, 0.4) is 0 Å². The second-order valence-electron chi connectivity index (χ2n) is 7.17. The van der Waals surface area contributed by atoms with Crippen molar-refractivity contribution >= 4 is 0 Å². The molecule has 0 spiro atoms. The number of unbranched alkanes of at least 4 members (excludes halogenated alkanes) is 1. The van der Waals surface area contributed by atoms with E-state index in [-0.39, 0.29) is 50.6 Å². The molecule has 29 heavy (non-hydrogen) atoms. The van der Waals surface area contributed by atoms with Crippen molar-refractivity contribution in [1.82, 2.24) is 0 Å². The van der Waals surface area contributed by atoms with Gasteiger partial charge in [0.15, 0.2) is 0 Å². The van der Waals surface area contributed by atoms with Crippen LogP contribution in [0, 0.1) is 0 Å². The first-order valence-electron chi connectivity index (χ1n) is 10.3. The lowest BCUT2D eigenvalue weighted by atomic mass is 10.2. The molecular formula is C19H48N2O8. The minimum atomic E-state index is 0. The number of aliphatic hydroxyl groups is 6. The molecule has 0 atom stereocenters. The molecule has 0 heterocycles. The van der Waals surface area contributed by atoms with E-state index >= 15 is 0 Å². The van der Waals surface area contributed by atoms with Crippen molar-refractivity contribution in [2.45, 2.75) is 33.1 Å². The van der Waals surface area contributed by atoms with E-state index in [1.165, 1.54) is 0 Å². The molecule has 0 aromatic rings. The molecule has 8 N–H and O–H groups in total. The van der Waals surface area contributed by atoms with Crippen LogP contribution < -0.4 is 0 Å². The standard InChI is InChI=1S/C10H24NO3.C9H22NO3.2H2O/c1-2-3-4-11(5-8-12,6-9-13)7-10-14;1-2-3-10(4-7-11,5-8-12)6-9-13;;/h12-14H,2-10H2,1H3;11-13H,2-9H2,1H3;2*1H2/q2*+1;;/p-2. The normalized spacial score (nSPS) is 11.2. The lowest BCUT2D eigenvalue weighted by molar-refractivity contribution is -0.929. The van der Waals surface area contributed by atoms with E-state index < -0.39 is 0 Å². The third-order valence-corrected chi connectivity index (χ3v) is 5.13. The summed E-state index contributed by atoms with van der Waals surface area (Å²) in [5.41, 5.74) is 0. The summed E-state index contributed by atoms with van der Waals surface area (Å²) in [5.74, 6) is 0. The van der Waals surface area contributed by atoms with Crippen molar-refractivity contribution in [3.05, 3.63) is 0 Å². The molecule has 0 aromatic carbocycles. The van der Waals surface area contributed by atoms with Gasteiger partial charge >= 0.3 is 0 Å². The second-order valence-corrected chi connectivity index (χ2v) is 7.17. The van der Waals surface area contributed by atoms with E-state index in [4.69, 9.17) is 30.6 Å². The third kappa shape index (κ3) is 17.0. The SMILES string of the molecule is CCCC[N+](CCO)(CCO)CCO.CCC[N+](CCO)(CCO)CCO.[OH-].[OH-]. The highest BCUT2D eigenvalue weighted by Gasteiger charge is 2.25. The topological polar surface area (TPSA) is 181 Å². The van der Waals surface area contributed by atoms with Gasteiger partial charge < -0.3 is 50.6 Å². The average molecular weight is 433 g/mol. The van der Waals surface area contributed by atoms with Crippen molar-refractivity contribution in [2.24, 2.45) is 0 Å². The lowest BCUT2D eigenvalue weighted by Crippen LogP contribution is -2.53. The van der Waals surface area contributed by atoms with Crippen molar-refractivity contribution in [2.75, 3.05) is 92.0 Å². The maximum Gasteiger partial charge on any atom is 0.102 e. The Morgan fingerprint density at radius 2 is 0.690 bits per heavy atom. The zero-order valence-corrected chi connectivity index (χ0v) is 18.5. The number of nitrogens with zero attached hydrogens (tertiary/aromatic N) is 2. The Balaban J connectivity index is -0.000000202. The van der Waals surface area contributed by atoms with Crippen LogP contribution in [0.25, 0.3) is 0 Å². The van der Waals surface area contributed by atoms with Crippen molar-refractivity contribution in [1.29, 1.82) is 0 Å². The molecule has 0 amide bonds. The molecule has 0 aliphatic heterocycles. The fraction of sp³-hybridized carbons (Fsp3) is 1.00. The summed E-state index contributed by atoms with van der Waals surface area (Å²) >= 11 is 0. The highest BCUT2D eigenvalue weighted by molar-refractivity contribution is 4.46. The monoisotopic (exact) mass is 432 g/mol. The molecule has 0 aromatic heterocycles. The quantitative estimate of drug-likeness (QED) is 0.149. The molecule has 0 saturated carbocycles. The minimum Gasteiger partial charge on any atom is -0.870 e. The van der Waals surface area contributed by atoms with Crippen molar-refractivity contribution in [3.63, 3.8) is 0 Å². The van der Waals surface area contributed by atoms with Crippen LogP contribution >= 0.6 is 0 Å². The number of hydrogen-bond acceptors (Lipinski definition) is 8. The van der Waals surface area contributed by atoms with E-state index in [1.807, 2.05) is 0 Å². The van der Waals surface area contributed by atoms with E-state index in [0.29, 0.717) is 48.2 Å². The molecule has 0 fully saturated rings. The van der Waals surface area contributed by atoms with Crippen LogP contribution in [-0.2, 0) is 0 Å². The van der Waals surface area contributed by atoms with Gasteiger partial charge in [-0.25, -0.2) is 0 Å². The molecule has 10 heteroatoms. The van der Waals surface area contributed by atoms with E-state index in [0.717, 1.165) is 32.4 Å². The van der Waals surface area contributed by atoms with Gasteiger partial charge in [0, 0.05) is 0 Å². The second kappa shape index (κ2) is 23.9. The molecule has 0 unspecified atom stereocenters. The highest BCUT2D eigenvalue weighted by Crippen LogP contribution is 2.09. The van der Waals surface area contributed by atoms with Crippen molar-refractivity contribution < 1.29 is 50.6 Å². The maximum absolute atomic E-state index is 8.98. The Kier molecular flexibility index (Phi) is 29.6. The maximum atomic E-state index is 8.98. The Hall–Kier alpha value is -0.400. The molecule has 0 aliphatic rings. The summed E-state index contributed by atoms with van der Waals surface area (Å²) in [5, 5.41) is 53.6. The molecule has 0 aliphatic carbocycles. The van der Waals surface area contributed by atoms with Gasteiger partial charge in [-0.1, -0.05) is 20.3 Å². The predicted molar refractivity (Wildman–Crippen MR) is 111 cm³/mol. The zero-order valence-electron chi connectivity index (χ0n) is 18.5. The molecule has 0 bridgehead atoms. The molecule has 0 radical (unpaired) electrons. The van der Waals surface area contributed by atoms with Gasteiger partial charge in [0.1, 0.15) is 39.3 Å². The summed E-state index contributed by atoms with van der Waals surface area (Å²) < 4.78 is 1.26. The van der Waals surface area contributed by atoms with Gasteiger partial charge in [-0.3, -0.25) is 0 Å². The van der Waals surface area contributed by atoms with Crippen LogP contribution in [0.2, 0.25) is 0 Å². The molecule has 182 valence electrons. The first kappa shape index (κ1) is 36.0. The molecular weight excluding hydrogens is 384 g/mol. The van der Waals surface area contributed by atoms with Crippen molar-refractivity contribution in [3.8, 4) is 0 Å². The summed E-state index contributed by atoms with van der Waals surface area (Å²) in [7, 11) is 0.